The van der Waals surface area contributed by atoms with E-state index in [1.165, 1.54) is 18.4 Å². The largest absolute Gasteiger partial charge is 0.364 e. The first-order valence-electron chi connectivity index (χ1n) is 6.73. The van der Waals surface area contributed by atoms with E-state index < -0.39 is 17.7 Å². The highest BCUT2D eigenvalue weighted by Gasteiger charge is 2.18. The summed E-state index contributed by atoms with van der Waals surface area (Å²) in [6.07, 6.45) is 2.75. The normalized spacial score (nSPS) is 12.1. The minimum Gasteiger partial charge on any atom is -0.364 e. The first-order valence-corrected chi connectivity index (χ1v) is 6.73. The van der Waals surface area contributed by atoms with Gasteiger partial charge in [-0.3, -0.25) is 4.79 Å². The molecule has 1 aromatic heterocycles. The van der Waals surface area contributed by atoms with E-state index in [4.69, 9.17) is 0 Å². The van der Waals surface area contributed by atoms with Crippen molar-refractivity contribution in [3.8, 4) is 0 Å². The summed E-state index contributed by atoms with van der Waals surface area (Å²) in [6, 6.07) is 4.47. The summed E-state index contributed by atoms with van der Waals surface area (Å²) < 4.78 is 31.5. The van der Waals surface area contributed by atoms with E-state index >= 15 is 0 Å². The average Bonchev–Trinajstić information content (AvgIpc) is 2.91. The summed E-state index contributed by atoms with van der Waals surface area (Å²) in [6.45, 7) is 1.93. The number of rotatable bonds is 6. The van der Waals surface area contributed by atoms with Gasteiger partial charge in [-0.05, 0) is 12.5 Å². The predicted octanol–water partition coefficient (Wildman–Crippen LogP) is 3.15. The van der Waals surface area contributed by atoms with Crippen molar-refractivity contribution in [1.29, 1.82) is 0 Å². The van der Waals surface area contributed by atoms with E-state index in [1.807, 2.05) is 6.92 Å². The standard InChI is InChI=1S/C15H16F2N2O2/c1-2-3-14(12-5-4-10(16)8-13(12)17)18-15(20)9-11-6-7-21-19-11/h4-8,14H,2-3,9H2,1H3,(H,18,20)/t14-/m0/s1. The van der Waals surface area contributed by atoms with Crippen LogP contribution in [0.3, 0.4) is 0 Å². The van der Waals surface area contributed by atoms with Crippen LogP contribution >= 0.6 is 0 Å². The van der Waals surface area contributed by atoms with Crippen molar-refractivity contribution in [2.45, 2.75) is 32.2 Å². The number of halogens is 2. The molecule has 112 valence electrons. The van der Waals surface area contributed by atoms with Crippen LogP contribution in [0.25, 0.3) is 0 Å². The molecule has 4 nitrogen and oxygen atoms in total. The Morgan fingerprint density at radius 3 is 2.81 bits per heavy atom. The first-order chi connectivity index (χ1) is 10.1. The Kier molecular flexibility index (Phi) is 5.03. The summed E-state index contributed by atoms with van der Waals surface area (Å²) in [5.74, 6) is -1.58. The van der Waals surface area contributed by atoms with Crippen LogP contribution in [0, 0.1) is 11.6 Å². The van der Waals surface area contributed by atoms with E-state index in [9.17, 15) is 13.6 Å². The molecule has 0 saturated carbocycles. The fourth-order valence-electron chi connectivity index (χ4n) is 2.12. The van der Waals surface area contributed by atoms with E-state index in [-0.39, 0.29) is 17.9 Å². The zero-order valence-electron chi connectivity index (χ0n) is 11.6. The van der Waals surface area contributed by atoms with Gasteiger partial charge in [-0.2, -0.15) is 0 Å². The molecule has 0 bridgehead atoms. The molecule has 21 heavy (non-hydrogen) atoms. The molecule has 1 aromatic carbocycles. The highest BCUT2D eigenvalue weighted by atomic mass is 19.1. The number of carbonyl (C=O) groups is 1. The van der Waals surface area contributed by atoms with Gasteiger partial charge in [0.1, 0.15) is 17.9 Å². The Balaban J connectivity index is 2.09. The SMILES string of the molecule is CCC[C@H](NC(=O)Cc1ccon1)c1ccc(F)cc1F. The lowest BCUT2D eigenvalue weighted by Gasteiger charge is -2.19. The molecule has 1 heterocycles. The van der Waals surface area contributed by atoms with Crippen molar-refractivity contribution < 1.29 is 18.1 Å². The van der Waals surface area contributed by atoms with Crippen molar-refractivity contribution in [2.75, 3.05) is 0 Å². The quantitative estimate of drug-likeness (QED) is 0.890. The third-order valence-corrected chi connectivity index (χ3v) is 3.08. The highest BCUT2D eigenvalue weighted by molar-refractivity contribution is 5.78. The van der Waals surface area contributed by atoms with E-state index in [1.54, 1.807) is 6.07 Å². The topological polar surface area (TPSA) is 55.1 Å². The van der Waals surface area contributed by atoms with Gasteiger partial charge in [0.2, 0.25) is 5.91 Å². The number of hydrogen-bond acceptors (Lipinski definition) is 3. The lowest BCUT2D eigenvalue weighted by Crippen LogP contribution is -2.30. The molecule has 0 fully saturated rings. The Morgan fingerprint density at radius 2 is 2.19 bits per heavy atom. The Bertz CT molecular complexity index is 600. The van der Waals surface area contributed by atoms with Gasteiger partial charge in [0.15, 0.2) is 0 Å². The van der Waals surface area contributed by atoms with E-state index in [2.05, 4.69) is 15.0 Å². The molecular formula is C15H16F2N2O2. The van der Waals surface area contributed by atoms with Gasteiger partial charge in [-0.1, -0.05) is 24.6 Å². The van der Waals surface area contributed by atoms with Gasteiger partial charge in [0, 0.05) is 17.7 Å². The van der Waals surface area contributed by atoms with Crippen LogP contribution in [0.5, 0.6) is 0 Å². The highest BCUT2D eigenvalue weighted by Crippen LogP contribution is 2.22. The van der Waals surface area contributed by atoms with Crippen molar-refractivity contribution in [2.24, 2.45) is 0 Å². The zero-order chi connectivity index (χ0) is 15.2. The monoisotopic (exact) mass is 294 g/mol. The Morgan fingerprint density at radius 1 is 1.38 bits per heavy atom. The van der Waals surface area contributed by atoms with Gasteiger partial charge >= 0.3 is 0 Å². The molecule has 0 saturated heterocycles. The number of carbonyl (C=O) groups excluding carboxylic acids is 1. The fourth-order valence-corrected chi connectivity index (χ4v) is 2.12. The third kappa shape index (κ3) is 4.11. The number of hydrogen-bond donors (Lipinski definition) is 1. The summed E-state index contributed by atoms with van der Waals surface area (Å²) in [5.41, 5.74) is 0.786. The van der Waals surface area contributed by atoms with Crippen LogP contribution in [0.15, 0.2) is 35.1 Å². The van der Waals surface area contributed by atoms with Crippen molar-refractivity contribution in [1.82, 2.24) is 10.5 Å². The second-order valence-electron chi connectivity index (χ2n) is 4.74. The maximum atomic E-state index is 13.8. The Labute approximate surface area is 121 Å². The molecule has 1 amide bonds. The van der Waals surface area contributed by atoms with Crippen molar-refractivity contribution in [3.63, 3.8) is 0 Å². The second kappa shape index (κ2) is 6.97. The van der Waals surface area contributed by atoms with Crippen LogP contribution in [-0.2, 0) is 11.2 Å². The number of nitrogens with zero attached hydrogens (tertiary/aromatic N) is 1. The van der Waals surface area contributed by atoms with Gasteiger partial charge in [-0.25, -0.2) is 8.78 Å². The minimum atomic E-state index is -0.657. The maximum Gasteiger partial charge on any atom is 0.226 e. The average molecular weight is 294 g/mol. The molecule has 1 atom stereocenters. The molecule has 0 radical (unpaired) electrons. The minimum absolute atomic E-state index is 0.0551. The maximum absolute atomic E-state index is 13.8. The lowest BCUT2D eigenvalue weighted by atomic mass is 10.0. The summed E-state index contributed by atoms with van der Waals surface area (Å²) >= 11 is 0. The molecule has 0 aliphatic heterocycles. The van der Waals surface area contributed by atoms with Crippen molar-refractivity contribution in [3.05, 3.63) is 53.4 Å². The number of amides is 1. The third-order valence-electron chi connectivity index (χ3n) is 3.08. The molecule has 0 aliphatic rings. The van der Waals surface area contributed by atoms with Gasteiger partial charge < -0.3 is 9.84 Å². The van der Waals surface area contributed by atoms with E-state index in [0.29, 0.717) is 12.1 Å². The van der Waals surface area contributed by atoms with Gasteiger partial charge in [-0.15, -0.1) is 0 Å². The molecule has 0 unspecified atom stereocenters. The molecule has 2 rings (SSSR count). The number of aromatic nitrogens is 1. The molecule has 1 N–H and O–H groups in total. The zero-order valence-corrected chi connectivity index (χ0v) is 11.6. The van der Waals surface area contributed by atoms with Crippen LogP contribution < -0.4 is 5.32 Å². The fraction of sp³-hybridized carbons (Fsp3) is 0.333. The van der Waals surface area contributed by atoms with Crippen LogP contribution in [0.2, 0.25) is 0 Å². The molecule has 0 aliphatic carbocycles. The van der Waals surface area contributed by atoms with Crippen LogP contribution in [-0.4, -0.2) is 11.1 Å². The van der Waals surface area contributed by atoms with Crippen LogP contribution in [0.4, 0.5) is 8.78 Å². The molecule has 2 aromatic rings. The van der Waals surface area contributed by atoms with E-state index in [0.717, 1.165) is 12.5 Å². The summed E-state index contributed by atoms with van der Waals surface area (Å²) in [4.78, 5) is 12.0. The number of benzene rings is 1. The van der Waals surface area contributed by atoms with Gasteiger partial charge in [0.25, 0.3) is 0 Å². The second-order valence-corrected chi connectivity index (χ2v) is 4.74. The summed E-state index contributed by atoms with van der Waals surface area (Å²) in [7, 11) is 0. The molecule has 0 spiro atoms. The predicted molar refractivity (Wildman–Crippen MR) is 72.4 cm³/mol. The first kappa shape index (κ1) is 15.2. The lowest BCUT2D eigenvalue weighted by molar-refractivity contribution is -0.121. The number of nitrogens with one attached hydrogen (secondary N) is 1. The molecular weight excluding hydrogens is 278 g/mol. The smallest absolute Gasteiger partial charge is 0.226 e. The Hall–Kier alpha value is -2.24. The van der Waals surface area contributed by atoms with Crippen molar-refractivity contribution >= 4 is 5.91 Å². The van der Waals surface area contributed by atoms with Gasteiger partial charge in [0.05, 0.1) is 18.2 Å². The molecule has 6 heteroatoms. The summed E-state index contributed by atoms with van der Waals surface area (Å²) in [5, 5.41) is 6.40. The van der Waals surface area contributed by atoms with Crippen LogP contribution in [0.1, 0.15) is 37.1 Å².